The zero-order chi connectivity index (χ0) is 9.97. The smallest absolute Gasteiger partial charge is 0.328 e. The molecule has 0 unspecified atom stereocenters. The maximum Gasteiger partial charge on any atom is 0.328 e. The van der Waals surface area contributed by atoms with Gasteiger partial charge in [0.2, 0.25) is 0 Å². The molecule has 14 heavy (non-hydrogen) atoms. The fourth-order valence-corrected chi connectivity index (χ4v) is 1.28. The van der Waals surface area contributed by atoms with Gasteiger partial charge in [-0.25, -0.2) is 9.31 Å². The van der Waals surface area contributed by atoms with E-state index in [1.807, 2.05) is 24.4 Å². The van der Waals surface area contributed by atoms with E-state index in [4.69, 9.17) is 5.11 Å². The lowest BCUT2D eigenvalue weighted by Crippen LogP contribution is -1.89. The predicted molar refractivity (Wildman–Crippen MR) is 51.9 cm³/mol. The van der Waals surface area contributed by atoms with E-state index < -0.39 is 5.97 Å². The molecule has 4 heteroatoms. The van der Waals surface area contributed by atoms with E-state index in [2.05, 4.69) is 5.10 Å². The number of hydrogen-bond donors (Lipinski definition) is 1. The van der Waals surface area contributed by atoms with Crippen LogP contribution in [0, 0.1) is 0 Å². The molecular weight excluding hydrogens is 180 g/mol. The molecule has 4 nitrogen and oxygen atoms in total. The number of pyridine rings is 1. The minimum atomic E-state index is -0.952. The van der Waals surface area contributed by atoms with E-state index in [0.29, 0.717) is 0 Å². The number of aliphatic carboxylic acids is 1. The molecule has 2 heterocycles. The topological polar surface area (TPSA) is 54.6 Å². The first-order valence-electron chi connectivity index (χ1n) is 4.11. The summed E-state index contributed by atoms with van der Waals surface area (Å²) in [5.41, 5.74) is 1.73. The molecule has 0 saturated carbocycles. The zero-order valence-corrected chi connectivity index (χ0v) is 7.29. The maximum absolute atomic E-state index is 10.3. The number of carboxylic acid groups (broad SMARTS) is 1. The average Bonchev–Trinajstić information content (AvgIpc) is 2.62. The molecule has 2 aromatic rings. The van der Waals surface area contributed by atoms with Crippen molar-refractivity contribution in [3.63, 3.8) is 0 Å². The van der Waals surface area contributed by atoms with E-state index in [1.54, 1.807) is 16.8 Å². The molecule has 0 amide bonds. The highest BCUT2D eigenvalue weighted by molar-refractivity contribution is 5.87. The number of nitrogens with zero attached hydrogens (tertiary/aromatic N) is 2. The van der Waals surface area contributed by atoms with E-state index in [-0.39, 0.29) is 0 Å². The molecule has 0 aliphatic carbocycles. The van der Waals surface area contributed by atoms with Crippen molar-refractivity contribution in [1.82, 2.24) is 9.61 Å². The summed E-state index contributed by atoms with van der Waals surface area (Å²) >= 11 is 0. The predicted octanol–water partition coefficient (Wildman–Crippen LogP) is 1.43. The molecule has 0 spiro atoms. The van der Waals surface area contributed by atoms with Crippen LogP contribution in [0.1, 0.15) is 5.56 Å². The Labute approximate surface area is 80.1 Å². The lowest BCUT2D eigenvalue weighted by atomic mass is 10.2. The quantitative estimate of drug-likeness (QED) is 0.725. The Morgan fingerprint density at radius 1 is 1.50 bits per heavy atom. The minimum Gasteiger partial charge on any atom is -0.478 e. The summed E-state index contributed by atoms with van der Waals surface area (Å²) in [6.45, 7) is 0. The third-order valence-corrected chi connectivity index (χ3v) is 1.87. The molecule has 0 bridgehead atoms. The van der Waals surface area contributed by atoms with Gasteiger partial charge >= 0.3 is 5.97 Å². The standard InChI is InChI=1S/C10H8N2O2/c13-10(14)4-3-8-2-1-7-12-9(8)5-6-11-12/h1-7H,(H,13,14)/b4-3+. The van der Waals surface area contributed by atoms with Crippen LogP contribution < -0.4 is 0 Å². The molecule has 0 saturated heterocycles. The van der Waals surface area contributed by atoms with Crippen LogP contribution in [-0.2, 0) is 4.79 Å². The Kier molecular flexibility index (Phi) is 2.02. The Hall–Kier alpha value is -2.10. The minimum absolute atomic E-state index is 0.840. The van der Waals surface area contributed by atoms with Gasteiger partial charge < -0.3 is 5.11 Å². The van der Waals surface area contributed by atoms with Crippen molar-refractivity contribution in [2.75, 3.05) is 0 Å². The van der Waals surface area contributed by atoms with E-state index in [0.717, 1.165) is 17.2 Å². The van der Waals surface area contributed by atoms with Crippen molar-refractivity contribution in [3.05, 3.63) is 42.2 Å². The summed E-state index contributed by atoms with van der Waals surface area (Å²) < 4.78 is 1.70. The van der Waals surface area contributed by atoms with Crippen molar-refractivity contribution in [2.24, 2.45) is 0 Å². The molecule has 0 atom stereocenters. The molecule has 0 aromatic carbocycles. The number of aromatic nitrogens is 2. The highest BCUT2D eigenvalue weighted by Gasteiger charge is 1.97. The van der Waals surface area contributed by atoms with Gasteiger partial charge in [0, 0.05) is 24.0 Å². The van der Waals surface area contributed by atoms with Gasteiger partial charge in [0.25, 0.3) is 0 Å². The molecule has 2 aromatic heterocycles. The molecule has 0 aliphatic rings. The van der Waals surface area contributed by atoms with E-state index in [9.17, 15) is 4.79 Å². The Morgan fingerprint density at radius 2 is 2.36 bits per heavy atom. The first-order valence-corrected chi connectivity index (χ1v) is 4.11. The fourth-order valence-electron chi connectivity index (χ4n) is 1.28. The van der Waals surface area contributed by atoms with Crippen LogP contribution >= 0.6 is 0 Å². The third-order valence-electron chi connectivity index (χ3n) is 1.87. The first kappa shape index (κ1) is 8.50. The van der Waals surface area contributed by atoms with Crippen LogP contribution in [0.2, 0.25) is 0 Å². The molecule has 70 valence electrons. The zero-order valence-electron chi connectivity index (χ0n) is 7.29. The van der Waals surface area contributed by atoms with Crippen LogP contribution in [0.5, 0.6) is 0 Å². The Morgan fingerprint density at radius 3 is 3.14 bits per heavy atom. The number of hydrogen-bond acceptors (Lipinski definition) is 2. The SMILES string of the molecule is O=C(O)/C=C/c1cccn2nccc12. The van der Waals surface area contributed by atoms with Gasteiger partial charge in [-0.05, 0) is 18.2 Å². The molecule has 0 aliphatic heterocycles. The van der Waals surface area contributed by atoms with Gasteiger partial charge in [0.15, 0.2) is 0 Å². The second-order valence-electron chi connectivity index (χ2n) is 2.80. The van der Waals surface area contributed by atoms with E-state index >= 15 is 0 Å². The number of fused-ring (bicyclic) bond motifs is 1. The fraction of sp³-hybridized carbons (Fsp3) is 0. The molecule has 1 N–H and O–H groups in total. The second kappa shape index (κ2) is 3.33. The van der Waals surface area contributed by atoms with Crippen LogP contribution in [0.25, 0.3) is 11.6 Å². The summed E-state index contributed by atoms with van der Waals surface area (Å²) in [7, 11) is 0. The average molecular weight is 188 g/mol. The second-order valence-corrected chi connectivity index (χ2v) is 2.80. The molecule has 2 rings (SSSR count). The summed E-state index contributed by atoms with van der Waals surface area (Å²) in [5.74, 6) is -0.952. The van der Waals surface area contributed by atoms with Gasteiger partial charge in [-0.2, -0.15) is 5.10 Å². The number of carboxylic acids is 1. The highest BCUT2D eigenvalue weighted by atomic mass is 16.4. The van der Waals surface area contributed by atoms with Crippen LogP contribution in [-0.4, -0.2) is 20.7 Å². The van der Waals surface area contributed by atoms with Gasteiger partial charge in [-0.1, -0.05) is 6.07 Å². The Balaban J connectivity index is 2.51. The van der Waals surface area contributed by atoms with Gasteiger partial charge in [0.1, 0.15) is 0 Å². The van der Waals surface area contributed by atoms with Crippen molar-refractivity contribution >= 4 is 17.6 Å². The van der Waals surface area contributed by atoms with Crippen molar-refractivity contribution < 1.29 is 9.90 Å². The third kappa shape index (κ3) is 1.50. The monoisotopic (exact) mass is 188 g/mol. The summed E-state index contributed by atoms with van der Waals surface area (Å²) in [5, 5.41) is 12.5. The van der Waals surface area contributed by atoms with Gasteiger partial charge in [-0.15, -0.1) is 0 Å². The summed E-state index contributed by atoms with van der Waals surface area (Å²) in [6.07, 6.45) is 6.16. The molecule has 0 fully saturated rings. The van der Waals surface area contributed by atoms with Gasteiger partial charge in [-0.3, -0.25) is 0 Å². The summed E-state index contributed by atoms with van der Waals surface area (Å²) in [6, 6.07) is 5.50. The highest BCUT2D eigenvalue weighted by Crippen LogP contribution is 2.11. The number of carbonyl (C=O) groups is 1. The normalized spacial score (nSPS) is 11.1. The van der Waals surface area contributed by atoms with Gasteiger partial charge in [0.05, 0.1) is 5.52 Å². The summed E-state index contributed by atoms with van der Waals surface area (Å²) in [4.78, 5) is 10.3. The Bertz CT molecular complexity index is 500. The van der Waals surface area contributed by atoms with Crippen LogP contribution in [0.4, 0.5) is 0 Å². The van der Waals surface area contributed by atoms with Crippen molar-refractivity contribution in [3.8, 4) is 0 Å². The maximum atomic E-state index is 10.3. The lowest BCUT2D eigenvalue weighted by molar-refractivity contribution is -0.131. The van der Waals surface area contributed by atoms with Crippen molar-refractivity contribution in [1.29, 1.82) is 0 Å². The van der Waals surface area contributed by atoms with Crippen LogP contribution in [0.15, 0.2) is 36.7 Å². The molecular formula is C10H8N2O2. The van der Waals surface area contributed by atoms with Crippen molar-refractivity contribution in [2.45, 2.75) is 0 Å². The van der Waals surface area contributed by atoms with Crippen LogP contribution in [0.3, 0.4) is 0 Å². The molecule has 0 radical (unpaired) electrons. The number of rotatable bonds is 2. The lowest BCUT2D eigenvalue weighted by Gasteiger charge is -1.96. The van der Waals surface area contributed by atoms with E-state index in [1.165, 1.54) is 0 Å². The largest absolute Gasteiger partial charge is 0.478 e. The first-order chi connectivity index (χ1) is 6.77.